The summed E-state index contributed by atoms with van der Waals surface area (Å²) < 4.78 is 3.69. The van der Waals surface area contributed by atoms with Crippen molar-refractivity contribution in [3.63, 3.8) is 0 Å². The molecule has 0 saturated carbocycles. The number of piperidine rings is 3. The molecule has 3 fully saturated rings. The lowest BCUT2D eigenvalue weighted by molar-refractivity contribution is 0.0495. The van der Waals surface area contributed by atoms with Crippen LogP contribution in [0.2, 0.25) is 0 Å². The molecule has 190 valence electrons. The molecule has 0 amide bonds. The van der Waals surface area contributed by atoms with Gasteiger partial charge in [-0.2, -0.15) is 10.2 Å². The summed E-state index contributed by atoms with van der Waals surface area (Å²) in [6.07, 6.45) is 16.4. The van der Waals surface area contributed by atoms with Crippen LogP contribution in [-0.4, -0.2) is 59.7 Å². The first-order valence-electron chi connectivity index (χ1n) is 12.8. The highest BCUT2D eigenvalue weighted by Crippen LogP contribution is 2.31. The van der Waals surface area contributed by atoms with Gasteiger partial charge in [-0.25, -0.2) is 20.2 Å². The number of nitrogens with zero attached hydrogens (tertiary/aromatic N) is 8. The predicted octanol–water partition coefficient (Wildman–Crippen LogP) is 3.00. The average molecular weight is 498 g/mol. The Morgan fingerprint density at radius 2 is 2.05 bits per heavy atom. The Morgan fingerprint density at radius 3 is 2.84 bits per heavy atom. The van der Waals surface area contributed by atoms with Gasteiger partial charge in [0, 0.05) is 49.5 Å². The summed E-state index contributed by atoms with van der Waals surface area (Å²) in [5.74, 6) is 0.938. The summed E-state index contributed by atoms with van der Waals surface area (Å²) in [7, 11) is 0. The van der Waals surface area contributed by atoms with E-state index in [0.29, 0.717) is 23.8 Å². The van der Waals surface area contributed by atoms with Crippen LogP contribution in [0, 0.1) is 11.4 Å². The molecule has 11 heteroatoms. The molecular formula is C26H31N11. The van der Waals surface area contributed by atoms with Gasteiger partial charge in [0.1, 0.15) is 24.0 Å². The molecule has 3 N–H and O–H groups in total. The molecule has 4 aromatic heterocycles. The average Bonchev–Trinajstić information content (AvgIpc) is 3.62. The van der Waals surface area contributed by atoms with Gasteiger partial charge in [-0.1, -0.05) is 6.07 Å². The normalized spacial score (nSPS) is 21.4. The Morgan fingerprint density at radius 1 is 1.14 bits per heavy atom. The summed E-state index contributed by atoms with van der Waals surface area (Å²) in [6, 6.07) is 6.76. The molecular weight excluding hydrogens is 466 g/mol. The van der Waals surface area contributed by atoms with Crippen LogP contribution in [0.25, 0.3) is 17.0 Å². The predicted molar refractivity (Wildman–Crippen MR) is 139 cm³/mol. The van der Waals surface area contributed by atoms with Gasteiger partial charge in [0.15, 0.2) is 0 Å². The van der Waals surface area contributed by atoms with E-state index in [1.54, 1.807) is 29.6 Å². The minimum Gasteiger partial charge on any atom is -0.383 e. The Bertz CT molecular complexity index is 1380. The molecule has 3 aliphatic rings. The fraction of sp³-hybridized carbons (Fsp3) is 0.385. The number of nitrogens with one attached hydrogen (secondary N) is 3. The van der Waals surface area contributed by atoms with E-state index in [0.717, 1.165) is 36.0 Å². The van der Waals surface area contributed by atoms with Gasteiger partial charge >= 0.3 is 0 Å². The van der Waals surface area contributed by atoms with Gasteiger partial charge < -0.3 is 15.0 Å². The first-order chi connectivity index (χ1) is 18.2. The number of hydrogen-bond donors (Lipinski definition) is 3. The van der Waals surface area contributed by atoms with Crippen LogP contribution in [0.4, 0.5) is 0 Å². The molecule has 7 heterocycles. The molecule has 0 spiro atoms. The fourth-order valence-corrected chi connectivity index (χ4v) is 5.43. The minimum atomic E-state index is 0.467. The topological polar surface area (TPSA) is 124 Å². The highest BCUT2D eigenvalue weighted by atomic mass is 15.3. The van der Waals surface area contributed by atoms with Crippen LogP contribution in [-0.2, 0) is 13.1 Å². The lowest BCUT2D eigenvalue weighted by Gasteiger charge is -2.45. The van der Waals surface area contributed by atoms with Crippen molar-refractivity contribution < 1.29 is 0 Å². The molecule has 1 unspecified atom stereocenters. The second-order valence-corrected chi connectivity index (χ2v) is 9.83. The first kappa shape index (κ1) is 23.4. The monoisotopic (exact) mass is 497 g/mol. The van der Waals surface area contributed by atoms with Crippen molar-refractivity contribution in [1.82, 2.24) is 44.7 Å². The summed E-state index contributed by atoms with van der Waals surface area (Å²) in [5.41, 5.74) is 12.6. The molecule has 7 rings (SSSR count). The lowest BCUT2D eigenvalue weighted by atomic mass is 9.83. The molecule has 3 saturated heterocycles. The number of hydrogen-bond acceptors (Lipinski definition) is 9. The molecule has 0 radical (unpaired) electrons. The molecule has 37 heavy (non-hydrogen) atoms. The molecule has 3 aliphatic heterocycles. The van der Waals surface area contributed by atoms with Crippen LogP contribution in [0.15, 0.2) is 67.0 Å². The number of rotatable bonds is 10. The summed E-state index contributed by atoms with van der Waals surface area (Å²) in [5, 5.41) is 14.7. The quantitative estimate of drug-likeness (QED) is 0.288. The minimum absolute atomic E-state index is 0.467. The van der Waals surface area contributed by atoms with Gasteiger partial charge in [-0.15, -0.1) is 0 Å². The fourth-order valence-electron chi connectivity index (χ4n) is 5.43. The van der Waals surface area contributed by atoms with E-state index in [2.05, 4.69) is 58.4 Å². The van der Waals surface area contributed by atoms with Crippen molar-refractivity contribution in [2.24, 2.45) is 11.0 Å². The molecule has 2 bridgehead atoms. The molecule has 1 atom stereocenters. The molecule has 0 aromatic carbocycles. The van der Waals surface area contributed by atoms with E-state index in [1.165, 1.54) is 44.2 Å². The summed E-state index contributed by atoms with van der Waals surface area (Å²) >= 11 is 0. The van der Waals surface area contributed by atoms with E-state index in [-0.39, 0.29) is 0 Å². The van der Waals surface area contributed by atoms with Gasteiger partial charge in [0.2, 0.25) is 0 Å². The SMILES string of the molecule is N=N/C(=C\NCc1cn2cc(CNCC3CC4CCN3CC4)ccc2n1)c1cncc(-n2cncn2)c1. The van der Waals surface area contributed by atoms with Crippen molar-refractivity contribution in [1.29, 1.82) is 5.53 Å². The van der Waals surface area contributed by atoms with E-state index in [9.17, 15) is 0 Å². The number of fused-ring (bicyclic) bond motifs is 4. The van der Waals surface area contributed by atoms with Crippen LogP contribution >= 0.6 is 0 Å². The van der Waals surface area contributed by atoms with E-state index in [1.807, 2.05) is 12.3 Å². The maximum absolute atomic E-state index is 7.61. The standard InChI is InChI=1S/C26H31N11/c27-34-25(21-8-24(13-29-10-21)37-18-31-17-32-37)14-30-11-22-16-36-15-20(1-2-26(36)33-22)9-28-12-23-7-19-3-5-35(23)6-4-19/h1-2,8,10,13-19,23,27-28,30H,3-7,9,11-12H2/b25-14-,34-27?. The zero-order valence-corrected chi connectivity index (χ0v) is 20.7. The number of pyridine rings is 2. The third-order valence-electron chi connectivity index (χ3n) is 7.39. The zero-order valence-electron chi connectivity index (χ0n) is 20.7. The van der Waals surface area contributed by atoms with Crippen LogP contribution in [0.1, 0.15) is 36.1 Å². The smallest absolute Gasteiger partial charge is 0.138 e. The van der Waals surface area contributed by atoms with Crippen molar-refractivity contribution in [3.8, 4) is 5.69 Å². The van der Waals surface area contributed by atoms with Gasteiger partial charge in [-0.05, 0) is 56.0 Å². The van der Waals surface area contributed by atoms with Crippen LogP contribution in [0.3, 0.4) is 0 Å². The molecule has 0 aliphatic carbocycles. The van der Waals surface area contributed by atoms with Gasteiger partial charge in [-0.3, -0.25) is 9.88 Å². The second-order valence-electron chi connectivity index (χ2n) is 9.83. The zero-order chi connectivity index (χ0) is 25.0. The Labute approximate surface area is 215 Å². The van der Waals surface area contributed by atoms with E-state index >= 15 is 0 Å². The Hall–Kier alpha value is -3.96. The Kier molecular flexibility index (Phi) is 6.70. The largest absolute Gasteiger partial charge is 0.383 e. The second kappa shape index (κ2) is 10.6. The van der Waals surface area contributed by atoms with Crippen LogP contribution in [0.5, 0.6) is 0 Å². The Balaban J connectivity index is 1.06. The van der Waals surface area contributed by atoms with Crippen molar-refractivity contribution in [2.75, 3.05) is 19.6 Å². The maximum Gasteiger partial charge on any atom is 0.138 e. The van der Waals surface area contributed by atoms with E-state index < -0.39 is 0 Å². The third kappa shape index (κ3) is 5.27. The van der Waals surface area contributed by atoms with E-state index in [4.69, 9.17) is 10.5 Å². The highest BCUT2D eigenvalue weighted by molar-refractivity contribution is 5.64. The highest BCUT2D eigenvalue weighted by Gasteiger charge is 2.32. The van der Waals surface area contributed by atoms with Gasteiger partial charge in [0.05, 0.1) is 24.1 Å². The third-order valence-corrected chi connectivity index (χ3v) is 7.39. The van der Waals surface area contributed by atoms with Crippen LogP contribution < -0.4 is 10.6 Å². The number of imidazole rings is 1. The lowest BCUT2D eigenvalue weighted by Crippen LogP contribution is -2.52. The maximum atomic E-state index is 7.61. The van der Waals surface area contributed by atoms with Crippen molar-refractivity contribution >= 4 is 11.3 Å². The number of aromatic nitrogens is 6. The van der Waals surface area contributed by atoms with Crippen molar-refractivity contribution in [3.05, 3.63) is 78.7 Å². The molecule has 4 aromatic rings. The summed E-state index contributed by atoms with van der Waals surface area (Å²) in [6.45, 7) is 4.97. The summed E-state index contributed by atoms with van der Waals surface area (Å²) in [4.78, 5) is 15.6. The first-order valence-corrected chi connectivity index (χ1v) is 12.8. The van der Waals surface area contributed by atoms with Gasteiger partial charge in [0.25, 0.3) is 0 Å². The molecule has 11 nitrogen and oxygen atoms in total. The van der Waals surface area contributed by atoms with Crippen molar-refractivity contribution in [2.45, 2.75) is 38.4 Å².